The molecule has 114 valence electrons. The van der Waals surface area contributed by atoms with E-state index in [0.717, 1.165) is 25.7 Å². The number of rotatable bonds is 2. The van der Waals surface area contributed by atoms with E-state index in [1.54, 1.807) is 12.3 Å². The Morgan fingerprint density at radius 2 is 2.05 bits per heavy atom. The standard InChI is InChI=1S/C17H20N4O/c1-12-16(9-10-18-21-12)20-17(22)19-15-8-4-7-13-5-2-3-6-14(13)11-15/h2-3,5-6,9-10,15H,4,7-8,11H2,1H3,(H2,18,19,20,22). The number of carbonyl (C=O) groups excluding carboxylic acids is 1. The van der Waals surface area contributed by atoms with E-state index in [-0.39, 0.29) is 12.1 Å². The van der Waals surface area contributed by atoms with Crippen molar-refractivity contribution in [1.29, 1.82) is 0 Å². The van der Waals surface area contributed by atoms with Gasteiger partial charge in [0.1, 0.15) is 0 Å². The summed E-state index contributed by atoms with van der Waals surface area (Å²) in [5.41, 5.74) is 4.15. The lowest BCUT2D eigenvalue weighted by atomic mass is 10.0. The molecule has 0 spiro atoms. The average molecular weight is 296 g/mol. The summed E-state index contributed by atoms with van der Waals surface area (Å²) in [5.74, 6) is 0. The van der Waals surface area contributed by atoms with Gasteiger partial charge in [0, 0.05) is 6.04 Å². The third kappa shape index (κ3) is 3.42. The van der Waals surface area contributed by atoms with Crippen LogP contribution >= 0.6 is 0 Å². The molecule has 2 N–H and O–H groups in total. The van der Waals surface area contributed by atoms with Crippen molar-refractivity contribution in [2.75, 3.05) is 5.32 Å². The van der Waals surface area contributed by atoms with Crippen LogP contribution < -0.4 is 10.6 Å². The first-order valence-electron chi connectivity index (χ1n) is 7.65. The van der Waals surface area contributed by atoms with Gasteiger partial charge in [-0.2, -0.15) is 10.2 Å². The van der Waals surface area contributed by atoms with Crippen LogP contribution in [-0.2, 0) is 12.8 Å². The van der Waals surface area contributed by atoms with Gasteiger partial charge in [-0.1, -0.05) is 24.3 Å². The Hall–Kier alpha value is -2.43. The van der Waals surface area contributed by atoms with E-state index < -0.39 is 0 Å². The highest BCUT2D eigenvalue weighted by molar-refractivity contribution is 5.89. The highest BCUT2D eigenvalue weighted by Gasteiger charge is 2.18. The smallest absolute Gasteiger partial charge is 0.319 e. The molecule has 1 aliphatic rings. The predicted octanol–water partition coefficient (Wildman–Crippen LogP) is 2.85. The van der Waals surface area contributed by atoms with Crippen LogP contribution in [0.3, 0.4) is 0 Å². The minimum atomic E-state index is -0.180. The molecule has 5 heteroatoms. The van der Waals surface area contributed by atoms with Gasteiger partial charge in [0.15, 0.2) is 0 Å². The second-order valence-corrected chi connectivity index (χ2v) is 5.69. The van der Waals surface area contributed by atoms with Gasteiger partial charge in [0.2, 0.25) is 0 Å². The topological polar surface area (TPSA) is 66.9 Å². The molecule has 1 heterocycles. The van der Waals surface area contributed by atoms with Crippen molar-refractivity contribution in [3.8, 4) is 0 Å². The van der Waals surface area contributed by atoms with Crippen molar-refractivity contribution in [3.05, 3.63) is 53.3 Å². The van der Waals surface area contributed by atoms with Gasteiger partial charge in [-0.25, -0.2) is 4.79 Å². The number of hydrogen-bond acceptors (Lipinski definition) is 3. The Bertz CT molecular complexity index is 671. The Kier molecular flexibility index (Phi) is 4.32. The summed E-state index contributed by atoms with van der Waals surface area (Å²) in [6.45, 7) is 1.82. The summed E-state index contributed by atoms with van der Waals surface area (Å²) >= 11 is 0. The van der Waals surface area contributed by atoms with Crippen LogP contribution in [0.1, 0.15) is 29.7 Å². The van der Waals surface area contributed by atoms with Crippen LogP contribution in [0, 0.1) is 6.92 Å². The molecule has 3 rings (SSSR count). The largest absolute Gasteiger partial charge is 0.335 e. The third-order valence-corrected chi connectivity index (χ3v) is 4.07. The molecule has 1 aromatic carbocycles. The fourth-order valence-corrected chi connectivity index (χ4v) is 2.91. The SMILES string of the molecule is Cc1nnccc1NC(=O)NC1CCCc2ccccc2C1. The maximum atomic E-state index is 12.2. The van der Waals surface area contributed by atoms with Gasteiger partial charge >= 0.3 is 6.03 Å². The lowest BCUT2D eigenvalue weighted by Crippen LogP contribution is -2.39. The minimum absolute atomic E-state index is 0.166. The normalized spacial score (nSPS) is 17.2. The maximum absolute atomic E-state index is 12.2. The Morgan fingerprint density at radius 3 is 2.86 bits per heavy atom. The van der Waals surface area contributed by atoms with E-state index in [9.17, 15) is 4.79 Å². The fourth-order valence-electron chi connectivity index (χ4n) is 2.91. The number of benzene rings is 1. The molecule has 0 radical (unpaired) electrons. The summed E-state index contributed by atoms with van der Waals surface area (Å²) in [6, 6.07) is 10.2. The number of urea groups is 1. The van der Waals surface area contributed by atoms with Crippen molar-refractivity contribution in [3.63, 3.8) is 0 Å². The number of anilines is 1. The first-order valence-corrected chi connectivity index (χ1v) is 7.65. The number of nitrogens with zero attached hydrogens (tertiary/aromatic N) is 2. The summed E-state index contributed by atoms with van der Waals surface area (Å²) < 4.78 is 0. The molecular formula is C17H20N4O. The molecule has 0 fully saturated rings. The molecule has 2 aromatic rings. The first kappa shape index (κ1) is 14.5. The van der Waals surface area contributed by atoms with Crippen molar-refractivity contribution in [1.82, 2.24) is 15.5 Å². The molecule has 22 heavy (non-hydrogen) atoms. The maximum Gasteiger partial charge on any atom is 0.319 e. The van der Waals surface area contributed by atoms with Crippen LogP contribution in [0.5, 0.6) is 0 Å². The molecule has 1 aliphatic carbocycles. The highest BCUT2D eigenvalue weighted by Crippen LogP contribution is 2.20. The second-order valence-electron chi connectivity index (χ2n) is 5.69. The molecule has 1 unspecified atom stereocenters. The molecule has 0 bridgehead atoms. The van der Waals surface area contributed by atoms with Gasteiger partial charge in [-0.05, 0) is 49.8 Å². The van der Waals surface area contributed by atoms with Gasteiger partial charge < -0.3 is 10.6 Å². The lowest BCUT2D eigenvalue weighted by Gasteiger charge is -2.17. The molecular weight excluding hydrogens is 276 g/mol. The Morgan fingerprint density at radius 1 is 1.23 bits per heavy atom. The summed E-state index contributed by atoms with van der Waals surface area (Å²) in [6.07, 6.45) is 5.64. The molecule has 2 amide bonds. The van der Waals surface area contributed by atoms with Crippen LogP contribution in [0.4, 0.5) is 10.5 Å². The quantitative estimate of drug-likeness (QED) is 0.837. The Labute approximate surface area is 130 Å². The number of aromatic nitrogens is 2. The molecule has 0 saturated heterocycles. The zero-order valence-electron chi connectivity index (χ0n) is 12.7. The number of aryl methyl sites for hydroxylation is 2. The van der Waals surface area contributed by atoms with Gasteiger partial charge in [0.25, 0.3) is 0 Å². The van der Waals surface area contributed by atoms with Gasteiger partial charge in [-0.15, -0.1) is 0 Å². The van der Waals surface area contributed by atoms with E-state index in [1.807, 2.05) is 6.92 Å². The molecule has 1 atom stereocenters. The zero-order valence-corrected chi connectivity index (χ0v) is 12.7. The molecule has 0 aliphatic heterocycles. The summed E-state index contributed by atoms with van der Waals surface area (Å²) in [5, 5.41) is 13.6. The van der Waals surface area contributed by atoms with Gasteiger partial charge in [-0.3, -0.25) is 0 Å². The van der Waals surface area contributed by atoms with E-state index in [2.05, 4.69) is 45.1 Å². The monoisotopic (exact) mass is 296 g/mol. The number of amides is 2. The average Bonchev–Trinajstić information content (AvgIpc) is 2.71. The van der Waals surface area contributed by atoms with Crippen LogP contribution in [0.2, 0.25) is 0 Å². The molecule has 1 aromatic heterocycles. The van der Waals surface area contributed by atoms with E-state index in [4.69, 9.17) is 0 Å². The van der Waals surface area contributed by atoms with Crippen LogP contribution in [-0.4, -0.2) is 22.3 Å². The minimum Gasteiger partial charge on any atom is -0.335 e. The van der Waals surface area contributed by atoms with Crippen molar-refractivity contribution < 1.29 is 4.79 Å². The summed E-state index contributed by atoms with van der Waals surface area (Å²) in [4.78, 5) is 12.2. The van der Waals surface area contributed by atoms with E-state index >= 15 is 0 Å². The van der Waals surface area contributed by atoms with E-state index in [0.29, 0.717) is 11.4 Å². The number of hydrogen-bond donors (Lipinski definition) is 2. The summed E-state index contributed by atoms with van der Waals surface area (Å²) in [7, 11) is 0. The Balaban J connectivity index is 1.63. The highest BCUT2D eigenvalue weighted by atomic mass is 16.2. The van der Waals surface area contributed by atoms with E-state index in [1.165, 1.54) is 11.1 Å². The number of nitrogens with one attached hydrogen (secondary N) is 2. The second kappa shape index (κ2) is 6.56. The first-order chi connectivity index (χ1) is 10.7. The zero-order chi connectivity index (χ0) is 15.4. The lowest BCUT2D eigenvalue weighted by molar-refractivity contribution is 0.247. The predicted molar refractivity (Wildman–Crippen MR) is 85.8 cm³/mol. The van der Waals surface area contributed by atoms with Crippen molar-refractivity contribution in [2.24, 2.45) is 0 Å². The number of fused-ring (bicyclic) bond motifs is 1. The van der Waals surface area contributed by atoms with Crippen LogP contribution in [0.25, 0.3) is 0 Å². The van der Waals surface area contributed by atoms with Crippen molar-refractivity contribution >= 4 is 11.7 Å². The molecule has 5 nitrogen and oxygen atoms in total. The van der Waals surface area contributed by atoms with Crippen LogP contribution in [0.15, 0.2) is 36.5 Å². The van der Waals surface area contributed by atoms with Crippen molar-refractivity contribution in [2.45, 2.75) is 38.6 Å². The number of carbonyl (C=O) groups is 1. The molecule has 0 saturated carbocycles. The third-order valence-electron chi connectivity index (χ3n) is 4.07. The fraction of sp³-hybridized carbons (Fsp3) is 0.353. The van der Waals surface area contributed by atoms with Gasteiger partial charge in [0.05, 0.1) is 17.6 Å².